The van der Waals surface area contributed by atoms with Crippen LogP contribution in [-0.2, 0) is 0 Å². The lowest BCUT2D eigenvalue weighted by molar-refractivity contribution is 0.102. The lowest BCUT2D eigenvalue weighted by atomic mass is 10.2. The Hall–Kier alpha value is -2.37. The van der Waals surface area contributed by atoms with Crippen molar-refractivity contribution in [2.45, 2.75) is 0 Å². The summed E-state index contributed by atoms with van der Waals surface area (Å²) in [5.74, 6) is 0.00948. The number of benzene rings is 1. The van der Waals surface area contributed by atoms with Crippen LogP contribution in [0.1, 0.15) is 10.4 Å². The molecule has 0 bridgehead atoms. The molecule has 6 nitrogen and oxygen atoms in total. The zero-order valence-electron chi connectivity index (χ0n) is 8.51. The number of anilines is 1. The third kappa shape index (κ3) is 2.00. The summed E-state index contributed by atoms with van der Waals surface area (Å²) >= 11 is 0. The zero-order valence-corrected chi connectivity index (χ0v) is 8.51. The van der Waals surface area contributed by atoms with Crippen LogP contribution in [0.4, 0.5) is 5.82 Å². The molecule has 1 N–H and O–H groups in total. The second-order valence-electron chi connectivity index (χ2n) is 2.94. The number of nitrogens with zero attached hydrogens (tertiary/aromatic N) is 2. The molecule has 0 aliphatic heterocycles. The van der Waals surface area contributed by atoms with Crippen molar-refractivity contribution in [1.82, 2.24) is 10.3 Å². The van der Waals surface area contributed by atoms with Crippen LogP contribution < -0.4 is 10.1 Å². The second kappa shape index (κ2) is 4.43. The third-order valence-corrected chi connectivity index (χ3v) is 1.92. The topological polar surface area (TPSA) is 77.2 Å². The number of hydrogen-bond donors (Lipinski definition) is 1. The Morgan fingerprint density at radius 2 is 2.06 bits per heavy atom. The molecule has 0 saturated heterocycles. The first-order chi connectivity index (χ1) is 7.81. The summed E-state index contributed by atoms with van der Waals surface area (Å²) in [5.41, 5.74) is 0.521. The van der Waals surface area contributed by atoms with Gasteiger partial charge in [0.2, 0.25) is 5.82 Å². The summed E-state index contributed by atoms with van der Waals surface area (Å²) in [6.45, 7) is 0. The number of methoxy groups -OCH3 is 1. The van der Waals surface area contributed by atoms with E-state index >= 15 is 0 Å². The van der Waals surface area contributed by atoms with Crippen molar-refractivity contribution in [3.63, 3.8) is 0 Å². The number of aromatic nitrogens is 2. The number of nitrogens with one attached hydrogen (secondary N) is 1. The molecule has 82 valence electrons. The van der Waals surface area contributed by atoms with Crippen LogP contribution in [0.15, 0.2) is 35.0 Å². The molecule has 0 aliphatic carbocycles. The first kappa shape index (κ1) is 10.2. The van der Waals surface area contributed by atoms with Gasteiger partial charge in [-0.25, -0.2) is 4.63 Å². The van der Waals surface area contributed by atoms with Gasteiger partial charge < -0.3 is 4.74 Å². The molecule has 1 aromatic carbocycles. The van der Waals surface area contributed by atoms with E-state index in [-0.39, 0.29) is 17.6 Å². The van der Waals surface area contributed by atoms with Crippen molar-refractivity contribution in [3.05, 3.63) is 35.9 Å². The quantitative estimate of drug-likeness (QED) is 0.842. The van der Waals surface area contributed by atoms with Gasteiger partial charge in [-0.2, -0.15) is 0 Å². The van der Waals surface area contributed by atoms with E-state index in [4.69, 9.17) is 4.74 Å². The average molecular weight is 219 g/mol. The van der Waals surface area contributed by atoms with Crippen LogP contribution in [-0.4, -0.2) is 23.3 Å². The number of hydrogen-bond acceptors (Lipinski definition) is 5. The fraction of sp³-hybridized carbons (Fsp3) is 0.100. The first-order valence-corrected chi connectivity index (χ1v) is 4.54. The number of carbonyl (C=O) groups excluding carboxylic acids is 1. The summed E-state index contributed by atoms with van der Waals surface area (Å²) < 4.78 is 9.27. The Kier molecular flexibility index (Phi) is 2.81. The van der Waals surface area contributed by atoms with E-state index in [1.165, 1.54) is 7.11 Å². The summed E-state index contributed by atoms with van der Waals surface area (Å²) in [6.07, 6.45) is 0. The van der Waals surface area contributed by atoms with Gasteiger partial charge in [0.05, 0.1) is 7.11 Å². The third-order valence-electron chi connectivity index (χ3n) is 1.92. The Labute approximate surface area is 91.2 Å². The average Bonchev–Trinajstić information content (AvgIpc) is 2.77. The highest BCUT2D eigenvalue weighted by molar-refractivity contribution is 6.04. The highest BCUT2D eigenvalue weighted by atomic mass is 16.6. The van der Waals surface area contributed by atoms with Gasteiger partial charge >= 0.3 is 5.88 Å². The molecule has 16 heavy (non-hydrogen) atoms. The highest BCUT2D eigenvalue weighted by Gasteiger charge is 2.14. The zero-order chi connectivity index (χ0) is 11.4. The van der Waals surface area contributed by atoms with E-state index in [2.05, 4.69) is 20.3 Å². The molecule has 0 radical (unpaired) electrons. The van der Waals surface area contributed by atoms with Crippen molar-refractivity contribution in [2.24, 2.45) is 0 Å². The predicted molar refractivity (Wildman–Crippen MR) is 55.2 cm³/mol. The molecular formula is C10H9N3O3. The molecule has 1 heterocycles. The molecule has 0 saturated carbocycles. The Morgan fingerprint density at radius 1 is 1.31 bits per heavy atom. The smallest absolute Gasteiger partial charge is 0.300 e. The maximum atomic E-state index is 11.7. The highest BCUT2D eigenvalue weighted by Crippen LogP contribution is 2.18. The van der Waals surface area contributed by atoms with Gasteiger partial charge in [0.25, 0.3) is 5.91 Å². The van der Waals surface area contributed by atoms with Crippen LogP contribution in [0.5, 0.6) is 5.88 Å². The fourth-order valence-electron chi connectivity index (χ4n) is 1.16. The van der Waals surface area contributed by atoms with Crippen LogP contribution in [0.3, 0.4) is 0 Å². The molecule has 2 rings (SSSR count). The number of carbonyl (C=O) groups is 1. The molecule has 0 atom stereocenters. The molecule has 1 amide bonds. The SMILES string of the molecule is COc1nonc1NC(=O)c1ccccc1. The monoisotopic (exact) mass is 219 g/mol. The summed E-state index contributed by atoms with van der Waals surface area (Å²) in [7, 11) is 1.41. The van der Waals surface area contributed by atoms with Gasteiger partial charge in [-0.3, -0.25) is 10.1 Å². The van der Waals surface area contributed by atoms with Gasteiger partial charge in [0.1, 0.15) is 0 Å². The lowest BCUT2D eigenvalue weighted by Crippen LogP contribution is -2.12. The molecule has 2 aromatic rings. The van der Waals surface area contributed by atoms with Crippen molar-refractivity contribution >= 4 is 11.7 Å². The van der Waals surface area contributed by atoms with Crippen LogP contribution in [0.2, 0.25) is 0 Å². The molecular weight excluding hydrogens is 210 g/mol. The Morgan fingerprint density at radius 3 is 2.75 bits per heavy atom. The van der Waals surface area contributed by atoms with E-state index in [1.807, 2.05) is 6.07 Å². The largest absolute Gasteiger partial charge is 0.476 e. The van der Waals surface area contributed by atoms with E-state index in [9.17, 15) is 4.79 Å². The van der Waals surface area contributed by atoms with Gasteiger partial charge in [0, 0.05) is 5.56 Å². The predicted octanol–water partition coefficient (Wildman–Crippen LogP) is 1.33. The summed E-state index contributed by atoms with van der Waals surface area (Å²) in [6, 6.07) is 8.75. The van der Waals surface area contributed by atoms with Gasteiger partial charge in [-0.05, 0) is 22.4 Å². The first-order valence-electron chi connectivity index (χ1n) is 4.54. The molecule has 1 aromatic heterocycles. The number of rotatable bonds is 3. The minimum atomic E-state index is -0.297. The van der Waals surface area contributed by atoms with Gasteiger partial charge in [-0.15, -0.1) is 0 Å². The van der Waals surface area contributed by atoms with E-state index in [1.54, 1.807) is 24.3 Å². The van der Waals surface area contributed by atoms with Crippen LogP contribution in [0.25, 0.3) is 0 Å². The number of ether oxygens (including phenoxy) is 1. The molecule has 0 fully saturated rings. The van der Waals surface area contributed by atoms with Crippen molar-refractivity contribution in [3.8, 4) is 5.88 Å². The minimum Gasteiger partial charge on any atom is -0.476 e. The van der Waals surface area contributed by atoms with E-state index in [0.29, 0.717) is 5.56 Å². The maximum Gasteiger partial charge on any atom is 0.300 e. The van der Waals surface area contributed by atoms with Crippen LogP contribution >= 0.6 is 0 Å². The van der Waals surface area contributed by atoms with Gasteiger partial charge in [0.15, 0.2) is 0 Å². The lowest BCUT2D eigenvalue weighted by Gasteiger charge is -2.01. The fourth-order valence-corrected chi connectivity index (χ4v) is 1.16. The summed E-state index contributed by atoms with van der Waals surface area (Å²) in [5, 5.41) is 9.49. The van der Waals surface area contributed by atoms with Crippen molar-refractivity contribution < 1.29 is 14.2 Å². The Bertz CT molecular complexity index is 481. The van der Waals surface area contributed by atoms with Crippen molar-refractivity contribution in [2.75, 3.05) is 12.4 Å². The van der Waals surface area contributed by atoms with Gasteiger partial charge in [-0.1, -0.05) is 18.2 Å². The van der Waals surface area contributed by atoms with E-state index in [0.717, 1.165) is 0 Å². The van der Waals surface area contributed by atoms with Crippen LogP contribution in [0, 0.1) is 0 Å². The molecule has 0 unspecified atom stereocenters. The summed E-state index contributed by atoms with van der Waals surface area (Å²) in [4.78, 5) is 11.7. The Balaban J connectivity index is 2.14. The number of amides is 1. The van der Waals surface area contributed by atoms with Crippen molar-refractivity contribution in [1.29, 1.82) is 0 Å². The molecule has 0 spiro atoms. The van der Waals surface area contributed by atoms with E-state index < -0.39 is 0 Å². The molecule has 0 aliphatic rings. The maximum absolute atomic E-state index is 11.7. The minimum absolute atomic E-state index is 0.143. The standard InChI is InChI=1S/C10H9N3O3/c1-15-10-8(12-16-13-10)11-9(14)7-5-3-2-4-6-7/h2-6H,1H3,(H,11,12,14). The normalized spacial score (nSPS) is 9.81. The molecule has 6 heteroatoms. The second-order valence-corrected chi connectivity index (χ2v) is 2.94.